The standard InChI is InChI=1S/C15H13BrFN3O3/c16-10-1-3-11(4-2-10)20-7-12(18-9-20)13(21)19-6-5-15(17,8-19)14(22)23/h1-4,7,9H,5-6,8H2,(H,22,23). The van der Waals surface area contributed by atoms with Gasteiger partial charge in [0, 0.05) is 29.3 Å². The summed E-state index contributed by atoms with van der Waals surface area (Å²) in [5.74, 6) is -2.00. The minimum atomic E-state index is -2.37. The predicted molar refractivity (Wildman–Crippen MR) is 83.3 cm³/mol. The van der Waals surface area contributed by atoms with Gasteiger partial charge in [-0.3, -0.25) is 4.79 Å². The molecular formula is C15H13BrFN3O3. The second-order valence-corrected chi connectivity index (χ2v) is 6.31. The van der Waals surface area contributed by atoms with Crippen LogP contribution in [0.1, 0.15) is 16.9 Å². The van der Waals surface area contributed by atoms with Gasteiger partial charge in [-0.15, -0.1) is 0 Å². The predicted octanol–water partition coefficient (Wildman–Crippen LogP) is 2.27. The van der Waals surface area contributed by atoms with Crippen molar-refractivity contribution in [1.29, 1.82) is 0 Å². The summed E-state index contributed by atoms with van der Waals surface area (Å²) in [7, 11) is 0. The van der Waals surface area contributed by atoms with Crippen LogP contribution in [-0.2, 0) is 4.79 Å². The van der Waals surface area contributed by atoms with Crippen molar-refractivity contribution in [3.63, 3.8) is 0 Å². The molecule has 1 amide bonds. The zero-order valence-corrected chi connectivity index (χ0v) is 13.5. The molecule has 3 rings (SSSR count). The molecule has 2 aromatic rings. The lowest BCUT2D eigenvalue weighted by atomic mass is 10.1. The number of carboxylic acids is 1. The second-order valence-electron chi connectivity index (χ2n) is 5.39. The molecule has 1 aliphatic rings. The molecule has 8 heteroatoms. The number of benzene rings is 1. The lowest BCUT2D eigenvalue weighted by molar-refractivity contribution is -0.149. The van der Waals surface area contributed by atoms with E-state index in [0.717, 1.165) is 10.2 Å². The maximum atomic E-state index is 14.0. The lowest BCUT2D eigenvalue weighted by Crippen LogP contribution is -2.39. The van der Waals surface area contributed by atoms with E-state index in [1.165, 1.54) is 11.2 Å². The van der Waals surface area contributed by atoms with Crippen molar-refractivity contribution < 1.29 is 19.1 Å². The number of likely N-dealkylation sites (tertiary alicyclic amines) is 1. The van der Waals surface area contributed by atoms with E-state index in [1.54, 1.807) is 10.8 Å². The zero-order chi connectivity index (χ0) is 16.6. The third-order valence-electron chi connectivity index (χ3n) is 3.82. The molecule has 1 fully saturated rings. The first-order valence-corrected chi connectivity index (χ1v) is 7.70. The van der Waals surface area contributed by atoms with Gasteiger partial charge < -0.3 is 14.6 Å². The van der Waals surface area contributed by atoms with Gasteiger partial charge in [0.15, 0.2) is 0 Å². The van der Waals surface area contributed by atoms with E-state index in [-0.39, 0.29) is 18.7 Å². The number of aromatic nitrogens is 2. The van der Waals surface area contributed by atoms with Gasteiger partial charge in [0.05, 0.1) is 6.54 Å². The number of aliphatic carboxylic acids is 1. The van der Waals surface area contributed by atoms with Gasteiger partial charge in [0.25, 0.3) is 5.91 Å². The molecule has 1 aliphatic heterocycles. The minimum Gasteiger partial charge on any atom is -0.479 e. The first-order valence-electron chi connectivity index (χ1n) is 6.90. The molecule has 1 unspecified atom stereocenters. The Hall–Kier alpha value is -2.22. The van der Waals surface area contributed by atoms with E-state index in [4.69, 9.17) is 5.11 Å². The Morgan fingerprint density at radius 2 is 2.00 bits per heavy atom. The SMILES string of the molecule is O=C(c1cn(-c2ccc(Br)cc2)cn1)N1CCC(F)(C(=O)O)C1. The number of halogens is 2. The van der Waals surface area contributed by atoms with Gasteiger partial charge in [-0.05, 0) is 24.3 Å². The number of carbonyl (C=O) groups is 2. The molecule has 6 nitrogen and oxygen atoms in total. The molecule has 1 aromatic carbocycles. The summed E-state index contributed by atoms with van der Waals surface area (Å²) in [6, 6.07) is 7.43. The second kappa shape index (κ2) is 5.77. The molecule has 1 N–H and O–H groups in total. The Bertz CT molecular complexity index is 762. The summed E-state index contributed by atoms with van der Waals surface area (Å²) in [5, 5.41) is 8.88. The fourth-order valence-corrected chi connectivity index (χ4v) is 2.73. The summed E-state index contributed by atoms with van der Waals surface area (Å²) < 4.78 is 16.7. The third-order valence-corrected chi connectivity index (χ3v) is 4.35. The molecule has 2 heterocycles. The van der Waals surface area contributed by atoms with Crippen LogP contribution in [0, 0.1) is 0 Å². The number of nitrogens with zero attached hydrogens (tertiary/aromatic N) is 3. The first kappa shape index (κ1) is 15.7. The molecule has 0 aliphatic carbocycles. The molecule has 120 valence electrons. The normalized spacial score (nSPS) is 20.7. The Morgan fingerprint density at radius 3 is 2.61 bits per heavy atom. The first-order chi connectivity index (χ1) is 10.9. The van der Waals surface area contributed by atoms with Crippen LogP contribution in [0.2, 0.25) is 0 Å². The van der Waals surface area contributed by atoms with E-state index >= 15 is 0 Å². The van der Waals surface area contributed by atoms with E-state index in [0.29, 0.717) is 0 Å². The maximum Gasteiger partial charge on any atom is 0.343 e. The number of amides is 1. The summed E-state index contributed by atoms with van der Waals surface area (Å²) in [5.41, 5.74) is -1.39. The Balaban J connectivity index is 1.77. The number of rotatable bonds is 3. The summed E-state index contributed by atoms with van der Waals surface area (Å²) >= 11 is 3.34. The van der Waals surface area contributed by atoms with Crippen molar-refractivity contribution in [2.45, 2.75) is 12.1 Å². The number of carboxylic acid groups (broad SMARTS) is 1. The van der Waals surface area contributed by atoms with Gasteiger partial charge in [-0.2, -0.15) is 0 Å². The van der Waals surface area contributed by atoms with Crippen LogP contribution in [0.3, 0.4) is 0 Å². The maximum absolute atomic E-state index is 14.0. The monoisotopic (exact) mass is 381 g/mol. The quantitative estimate of drug-likeness (QED) is 0.884. The fraction of sp³-hybridized carbons (Fsp3) is 0.267. The van der Waals surface area contributed by atoms with Crippen molar-refractivity contribution in [2.75, 3.05) is 13.1 Å². The van der Waals surface area contributed by atoms with Crippen molar-refractivity contribution in [3.8, 4) is 5.69 Å². The van der Waals surface area contributed by atoms with Crippen LogP contribution < -0.4 is 0 Å². The molecule has 0 saturated carbocycles. The number of imidazole rings is 1. The molecule has 1 saturated heterocycles. The van der Waals surface area contributed by atoms with Crippen LogP contribution in [0.5, 0.6) is 0 Å². The molecule has 1 aromatic heterocycles. The number of hydrogen-bond acceptors (Lipinski definition) is 3. The minimum absolute atomic E-state index is 0.0623. The van der Waals surface area contributed by atoms with Crippen molar-refractivity contribution >= 4 is 27.8 Å². The topological polar surface area (TPSA) is 75.4 Å². The summed E-state index contributed by atoms with van der Waals surface area (Å²) in [6.07, 6.45) is 2.83. The Labute approximate surface area is 139 Å². The smallest absolute Gasteiger partial charge is 0.343 e. The molecule has 0 spiro atoms. The lowest BCUT2D eigenvalue weighted by Gasteiger charge is -2.16. The molecule has 0 bridgehead atoms. The van der Waals surface area contributed by atoms with Gasteiger partial charge in [-0.1, -0.05) is 15.9 Å². The molecule has 23 heavy (non-hydrogen) atoms. The van der Waals surface area contributed by atoms with Crippen molar-refractivity contribution in [1.82, 2.24) is 14.5 Å². The van der Waals surface area contributed by atoms with Crippen LogP contribution in [0.15, 0.2) is 41.3 Å². The highest BCUT2D eigenvalue weighted by Gasteiger charge is 2.47. The molecular weight excluding hydrogens is 369 g/mol. The van der Waals surface area contributed by atoms with Gasteiger partial charge >= 0.3 is 5.97 Å². The van der Waals surface area contributed by atoms with E-state index < -0.39 is 24.1 Å². The zero-order valence-electron chi connectivity index (χ0n) is 11.9. The highest BCUT2D eigenvalue weighted by atomic mass is 79.9. The molecule has 1 atom stereocenters. The average Bonchev–Trinajstić information content (AvgIpc) is 3.15. The highest BCUT2D eigenvalue weighted by Crippen LogP contribution is 2.27. The number of hydrogen-bond donors (Lipinski definition) is 1. The molecule has 0 radical (unpaired) electrons. The van der Waals surface area contributed by atoms with Crippen LogP contribution in [0.25, 0.3) is 5.69 Å². The van der Waals surface area contributed by atoms with Crippen LogP contribution >= 0.6 is 15.9 Å². The third kappa shape index (κ3) is 2.98. The largest absolute Gasteiger partial charge is 0.479 e. The van der Waals surface area contributed by atoms with Gasteiger partial charge in [0.2, 0.25) is 5.67 Å². The Kier molecular flexibility index (Phi) is 3.93. The van der Waals surface area contributed by atoms with Crippen LogP contribution in [-0.4, -0.2) is 50.2 Å². The Morgan fingerprint density at radius 1 is 1.30 bits per heavy atom. The van der Waals surface area contributed by atoms with E-state index in [2.05, 4.69) is 20.9 Å². The van der Waals surface area contributed by atoms with Gasteiger partial charge in [0.1, 0.15) is 12.0 Å². The summed E-state index contributed by atoms with van der Waals surface area (Å²) in [6.45, 7) is -0.390. The van der Waals surface area contributed by atoms with E-state index in [9.17, 15) is 14.0 Å². The average molecular weight is 382 g/mol. The van der Waals surface area contributed by atoms with Crippen LogP contribution in [0.4, 0.5) is 4.39 Å². The van der Waals surface area contributed by atoms with Gasteiger partial charge in [-0.25, -0.2) is 14.2 Å². The highest BCUT2D eigenvalue weighted by molar-refractivity contribution is 9.10. The number of alkyl halides is 1. The number of carbonyl (C=O) groups excluding carboxylic acids is 1. The van der Waals surface area contributed by atoms with Crippen molar-refractivity contribution in [3.05, 3.63) is 47.0 Å². The van der Waals surface area contributed by atoms with E-state index in [1.807, 2.05) is 24.3 Å². The van der Waals surface area contributed by atoms with Crippen molar-refractivity contribution in [2.24, 2.45) is 0 Å². The summed E-state index contributed by atoms with van der Waals surface area (Å²) in [4.78, 5) is 28.5. The fourth-order valence-electron chi connectivity index (χ4n) is 2.47.